The highest BCUT2D eigenvalue weighted by atomic mass is 16.7. The summed E-state index contributed by atoms with van der Waals surface area (Å²) in [6.45, 7) is 4.06. The van der Waals surface area contributed by atoms with Crippen LogP contribution < -0.4 is 0 Å². The first-order valence-corrected chi connectivity index (χ1v) is 7.50. The lowest BCUT2D eigenvalue weighted by Gasteiger charge is -2.43. The highest BCUT2D eigenvalue weighted by Crippen LogP contribution is 2.29. The fraction of sp³-hybridized carbons (Fsp3) is 0.714. The van der Waals surface area contributed by atoms with E-state index in [0.717, 1.165) is 27.7 Å². The first-order chi connectivity index (χ1) is 12.1. The molecule has 0 aromatic heterocycles. The molecule has 5 atom stereocenters. The zero-order valence-electron chi connectivity index (χ0n) is 14.6. The Morgan fingerprint density at radius 2 is 1.38 bits per heavy atom. The van der Waals surface area contributed by atoms with Crippen LogP contribution in [0.25, 0.3) is 10.4 Å². The fourth-order valence-electron chi connectivity index (χ4n) is 2.35. The molecule has 1 aliphatic rings. The van der Waals surface area contributed by atoms with Crippen molar-refractivity contribution in [1.82, 2.24) is 0 Å². The number of hydrogen-bond donors (Lipinski definition) is 0. The molecule has 0 aromatic rings. The van der Waals surface area contributed by atoms with Gasteiger partial charge in [0.2, 0.25) is 0 Å². The van der Waals surface area contributed by atoms with Crippen LogP contribution in [0.5, 0.6) is 0 Å². The van der Waals surface area contributed by atoms with Crippen molar-refractivity contribution < 1.29 is 42.9 Å². The largest absolute Gasteiger partial charge is 0.463 e. The van der Waals surface area contributed by atoms with E-state index in [4.69, 9.17) is 29.2 Å². The number of azide groups is 1. The maximum absolute atomic E-state index is 11.5. The lowest BCUT2D eigenvalue weighted by molar-refractivity contribution is -0.251. The summed E-state index contributed by atoms with van der Waals surface area (Å²) < 4.78 is 25.6. The van der Waals surface area contributed by atoms with Crippen LogP contribution in [0.4, 0.5) is 0 Å². The predicted octanol–water partition coefficient (Wildman–Crippen LogP) is 0.380. The molecule has 144 valence electrons. The van der Waals surface area contributed by atoms with Crippen molar-refractivity contribution in [1.29, 1.82) is 0 Å². The zero-order valence-corrected chi connectivity index (χ0v) is 14.6. The average Bonchev–Trinajstić information content (AvgIpc) is 2.50. The van der Waals surface area contributed by atoms with Gasteiger partial charge in [-0.3, -0.25) is 19.2 Å². The lowest BCUT2D eigenvalue weighted by atomic mass is 9.97. The molecule has 12 heteroatoms. The van der Waals surface area contributed by atoms with Gasteiger partial charge >= 0.3 is 23.9 Å². The lowest BCUT2D eigenvalue weighted by Crippen LogP contribution is -2.61. The van der Waals surface area contributed by atoms with Gasteiger partial charge in [-0.25, -0.2) is 0 Å². The van der Waals surface area contributed by atoms with Gasteiger partial charge in [0, 0.05) is 32.6 Å². The highest BCUT2D eigenvalue weighted by Gasteiger charge is 2.51. The molecule has 0 aliphatic carbocycles. The first-order valence-electron chi connectivity index (χ1n) is 7.50. The number of rotatable bonds is 6. The standard InChI is InChI=1S/C14H19N3O9/c1-6(18)22-5-10-11(23-7(2)19)12(24-8(3)20)13(25-9(4)21)14(26-10)16-17-15/h10-14H,5H2,1-4H3/t10?,11-,12?,13-,14+/m0/s1. The molecule has 0 amide bonds. The summed E-state index contributed by atoms with van der Waals surface area (Å²) in [5.74, 6) is -2.92. The molecule has 12 nitrogen and oxygen atoms in total. The smallest absolute Gasteiger partial charge is 0.303 e. The molecule has 1 fully saturated rings. The second-order valence-corrected chi connectivity index (χ2v) is 5.29. The molecule has 0 saturated carbocycles. The van der Waals surface area contributed by atoms with E-state index in [1.807, 2.05) is 0 Å². The number of carbonyl (C=O) groups is 4. The zero-order chi connectivity index (χ0) is 19.9. The molecule has 0 bridgehead atoms. The molecular weight excluding hydrogens is 354 g/mol. The summed E-state index contributed by atoms with van der Waals surface area (Å²) in [4.78, 5) is 48.0. The Hall–Kier alpha value is -2.85. The van der Waals surface area contributed by atoms with E-state index in [0.29, 0.717) is 0 Å². The molecule has 0 spiro atoms. The van der Waals surface area contributed by atoms with Crippen LogP contribution in [-0.2, 0) is 42.9 Å². The van der Waals surface area contributed by atoms with Gasteiger partial charge < -0.3 is 23.7 Å². The Morgan fingerprint density at radius 1 is 0.885 bits per heavy atom. The summed E-state index contributed by atoms with van der Waals surface area (Å²) in [5.41, 5.74) is 8.71. The molecule has 0 N–H and O–H groups in total. The van der Waals surface area contributed by atoms with E-state index in [-0.39, 0.29) is 6.61 Å². The minimum absolute atomic E-state index is 0.380. The number of hydrogen-bond acceptors (Lipinski definition) is 10. The van der Waals surface area contributed by atoms with Crippen molar-refractivity contribution in [3.8, 4) is 0 Å². The van der Waals surface area contributed by atoms with Gasteiger partial charge in [-0.15, -0.1) is 0 Å². The molecule has 2 unspecified atom stereocenters. The summed E-state index contributed by atoms with van der Waals surface area (Å²) in [7, 11) is 0. The van der Waals surface area contributed by atoms with Gasteiger partial charge in [-0.05, 0) is 5.53 Å². The highest BCUT2D eigenvalue weighted by molar-refractivity contribution is 5.68. The van der Waals surface area contributed by atoms with Crippen molar-refractivity contribution in [2.24, 2.45) is 5.11 Å². The van der Waals surface area contributed by atoms with Crippen LogP contribution in [0.15, 0.2) is 5.11 Å². The second-order valence-electron chi connectivity index (χ2n) is 5.29. The molecule has 1 heterocycles. The van der Waals surface area contributed by atoms with Crippen LogP contribution in [-0.4, -0.2) is 61.1 Å². The molecule has 1 rings (SSSR count). The Bertz CT molecular complexity index is 617. The van der Waals surface area contributed by atoms with Crippen LogP contribution >= 0.6 is 0 Å². The van der Waals surface area contributed by atoms with Gasteiger partial charge in [-0.1, -0.05) is 5.11 Å². The molecule has 0 aromatic carbocycles. The second kappa shape index (κ2) is 9.59. The van der Waals surface area contributed by atoms with Crippen LogP contribution in [0.3, 0.4) is 0 Å². The van der Waals surface area contributed by atoms with Gasteiger partial charge in [0.1, 0.15) is 12.7 Å². The van der Waals surface area contributed by atoms with Crippen molar-refractivity contribution >= 4 is 23.9 Å². The van der Waals surface area contributed by atoms with Crippen LogP contribution in [0.1, 0.15) is 27.7 Å². The summed E-state index contributed by atoms with van der Waals surface area (Å²) in [6, 6.07) is 0. The van der Waals surface area contributed by atoms with Gasteiger partial charge in [0.15, 0.2) is 24.5 Å². The number of nitrogens with zero attached hydrogens (tertiary/aromatic N) is 3. The van der Waals surface area contributed by atoms with E-state index in [9.17, 15) is 19.2 Å². The third kappa shape index (κ3) is 6.22. The molecule has 0 radical (unpaired) electrons. The molecular formula is C14H19N3O9. The first kappa shape index (κ1) is 21.2. The normalized spacial score (nSPS) is 27.5. The molecule has 1 saturated heterocycles. The van der Waals surface area contributed by atoms with E-state index >= 15 is 0 Å². The predicted molar refractivity (Wildman–Crippen MR) is 81.1 cm³/mol. The summed E-state index contributed by atoms with van der Waals surface area (Å²) >= 11 is 0. The Morgan fingerprint density at radius 3 is 1.85 bits per heavy atom. The Balaban J connectivity index is 3.28. The van der Waals surface area contributed by atoms with Crippen molar-refractivity contribution in [2.75, 3.05) is 6.61 Å². The van der Waals surface area contributed by atoms with Gasteiger partial charge in [-0.2, -0.15) is 0 Å². The minimum atomic E-state index is -1.40. The molecule has 26 heavy (non-hydrogen) atoms. The maximum Gasteiger partial charge on any atom is 0.303 e. The average molecular weight is 373 g/mol. The van der Waals surface area contributed by atoms with E-state index in [1.54, 1.807) is 0 Å². The molecule has 1 aliphatic heterocycles. The summed E-state index contributed by atoms with van der Waals surface area (Å²) in [5, 5.41) is 3.38. The Kier molecular flexibility index (Phi) is 7.81. The van der Waals surface area contributed by atoms with Crippen molar-refractivity contribution in [2.45, 2.75) is 58.3 Å². The van der Waals surface area contributed by atoms with Crippen molar-refractivity contribution in [3.05, 3.63) is 10.4 Å². The quantitative estimate of drug-likeness (QED) is 0.210. The number of esters is 4. The van der Waals surface area contributed by atoms with Crippen LogP contribution in [0, 0.1) is 0 Å². The topological polar surface area (TPSA) is 163 Å². The van der Waals surface area contributed by atoms with Crippen molar-refractivity contribution in [3.63, 3.8) is 0 Å². The number of ether oxygens (including phenoxy) is 5. The third-order valence-electron chi connectivity index (χ3n) is 3.13. The Labute approximate surface area is 148 Å². The van der Waals surface area contributed by atoms with E-state index in [1.165, 1.54) is 0 Å². The summed E-state index contributed by atoms with van der Waals surface area (Å²) in [6.07, 6.45) is -6.52. The number of carbonyl (C=O) groups excluding carboxylic acids is 4. The van der Waals surface area contributed by atoms with E-state index in [2.05, 4.69) is 10.0 Å². The fourth-order valence-corrected chi connectivity index (χ4v) is 2.35. The SMILES string of the molecule is CC(=O)OCC1O[C@@H](N=[N+]=[N-])[C@@H](OC(C)=O)C(OC(C)=O)[C@H]1OC(C)=O. The minimum Gasteiger partial charge on any atom is -0.463 e. The van der Waals surface area contributed by atoms with Gasteiger partial charge in [0.25, 0.3) is 0 Å². The third-order valence-corrected chi connectivity index (χ3v) is 3.13. The van der Waals surface area contributed by atoms with E-state index < -0.39 is 54.5 Å². The van der Waals surface area contributed by atoms with Gasteiger partial charge in [0.05, 0.1) is 0 Å². The maximum atomic E-state index is 11.5. The monoisotopic (exact) mass is 373 g/mol. The van der Waals surface area contributed by atoms with Crippen LogP contribution in [0.2, 0.25) is 0 Å².